The molecule has 0 aliphatic rings. The van der Waals surface area contributed by atoms with Crippen molar-refractivity contribution in [2.45, 2.75) is 0 Å². The molecule has 3 rings (SSSR count). The number of aromatic nitrogens is 1. The zero-order valence-corrected chi connectivity index (χ0v) is 14.0. The number of thiazole rings is 1. The van der Waals surface area contributed by atoms with Crippen LogP contribution in [0.25, 0.3) is 0 Å². The predicted molar refractivity (Wildman–Crippen MR) is 96.3 cm³/mol. The van der Waals surface area contributed by atoms with Crippen LogP contribution in [0.2, 0.25) is 10.0 Å². The average Bonchev–Trinajstić information content (AvgIpc) is 3.03. The van der Waals surface area contributed by atoms with Gasteiger partial charge in [-0.15, -0.1) is 11.3 Å². The maximum absolute atomic E-state index is 12.4. The Balaban J connectivity index is 1.77. The standard InChI is InChI=1S/C16H11Cl2N3OS/c17-11-4-5-14(13(18)9-11)21-15(22)10-2-1-3-12(8-10)20-16-19-6-7-23-16/h1-9H,(H,19,20)(H,21,22). The molecule has 23 heavy (non-hydrogen) atoms. The molecule has 116 valence electrons. The first-order valence-electron chi connectivity index (χ1n) is 6.65. The second-order valence-electron chi connectivity index (χ2n) is 4.62. The molecular weight excluding hydrogens is 353 g/mol. The Labute approximate surface area is 147 Å². The Morgan fingerprint density at radius 3 is 2.74 bits per heavy atom. The van der Waals surface area contributed by atoms with E-state index in [9.17, 15) is 4.79 Å². The van der Waals surface area contributed by atoms with Gasteiger partial charge in [-0.2, -0.15) is 0 Å². The van der Waals surface area contributed by atoms with Crippen molar-refractivity contribution in [2.75, 3.05) is 10.6 Å². The molecule has 0 radical (unpaired) electrons. The predicted octanol–water partition coefficient (Wildman–Crippen LogP) is 5.45. The van der Waals surface area contributed by atoms with Gasteiger partial charge < -0.3 is 10.6 Å². The summed E-state index contributed by atoms with van der Waals surface area (Å²) in [6.07, 6.45) is 1.71. The number of amides is 1. The molecule has 3 aromatic rings. The van der Waals surface area contributed by atoms with Crippen molar-refractivity contribution in [2.24, 2.45) is 0 Å². The number of benzene rings is 2. The minimum atomic E-state index is -0.253. The second-order valence-corrected chi connectivity index (χ2v) is 6.36. The van der Waals surface area contributed by atoms with Crippen LogP contribution in [0.5, 0.6) is 0 Å². The van der Waals surface area contributed by atoms with Gasteiger partial charge in [-0.25, -0.2) is 4.98 Å². The Kier molecular flexibility index (Phi) is 4.81. The first kappa shape index (κ1) is 15.8. The molecule has 1 heterocycles. The van der Waals surface area contributed by atoms with Crippen molar-refractivity contribution >= 4 is 57.0 Å². The molecule has 0 saturated carbocycles. The van der Waals surface area contributed by atoms with E-state index in [0.29, 0.717) is 21.3 Å². The summed E-state index contributed by atoms with van der Waals surface area (Å²) in [5.41, 5.74) is 1.81. The molecule has 2 N–H and O–H groups in total. The van der Waals surface area contributed by atoms with E-state index in [-0.39, 0.29) is 5.91 Å². The van der Waals surface area contributed by atoms with Crippen LogP contribution in [0.15, 0.2) is 54.0 Å². The number of halogens is 2. The van der Waals surface area contributed by atoms with Crippen LogP contribution in [-0.4, -0.2) is 10.9 Å². The third kappa shape index (κ3) is 4.01. The third-order valence-electron chi connectivity index (χ3n) is 2.99. The van der Waals surface area contributed by atoms with Crippen molar-refractivity contribution in [1.29, 1.82) is 0 Å². The minimum absolute atomic E-state index is 0.253. The topological polar surface area (TPSA) is 54.0 Å². The molecule has 0 spiro atoms. The number of carbonyl (C=O) groups is 1. The van der Waals surface area contributed by atoms with Crippen LogP contribution in [-0.2, 0) is 0 Å². The lowest BCUT2D eigenvalue weighted by molar-refractivity contribution is 0.102. The lowest BCUT2D eigenvalue weighted by Gasteiger charge is -2.09. The van der Waals surface area contributed by atoms with Crippen LogP contribution in [0, 0.1) is 0 Å². The fourth-order valence-electron chi connectivity index (χ4n) is 1.93. The van der Waals surface area contributed by atoms with Crippen molar-refractivity contribution in [3.8, 4) is 0 Å². The van der Waals surface area contributed by atoms with E-state index in [0.717, 1.165) is 10.8 Å². The van der Waals surface area contributed by atoms with Crippen LogP contribution >= 0.6 is 34.5 Å². The molecular formula is C16H11Cl2N3OS. The van der Waals surface area contributed by atoms with Gasteiger partial charge in [0, 0.05) is 27.9 Å². The maximum Gasteiger partial charge on any atom is 0.255 e. The molecule has 0 fully saturated rings. The summed E-state index contributed by atoms with van der Waals surface area (Å²) in [7, 11) is 0. The van der Waals surface area contributed by atoms with E-state index >= 15 is 0 Å². The Hall–Kier alpha value is -2.08. The zero-order valence-electron chi connectivity index (χ0n) is 11.7. The molecule has 2 aromatic carbocycles. The number of rotatable bonds is 4. The number of nitrogens with zero attached hydrogens (tertiary/aromatic N) is 1. The van der Waals surface area contributed by atoms with Crippen LogP contribution in [0.1, 0.15) is 10.4 Å². The largest absolute Gasteiger partial charge is 0.332 e. The molecule has 0 atom stereocenters. The quantitative estimate of drug-likeness (QED) is 0.648. The fourth-order valence-corrected chi connectivity index (χ4v) is 2.94. The first-order chi connectivity index (χ1) is 11.1. The van der Waals surface area contributed by atoms with E-state index < -0.39 is 0 Å². The average molecular weight is 364 g/mol. The normalized spacial score (nSPS) is 10.3. The van der Waals surface area contributed by atoms with E-state index in [1.165, 1.54) is 11.3 Å². The van der Waals surface area contributed by atoms with E-state index in [1.54, 1.807) is 42.6 Å². The van der Waals surface area contributed by atoms with Gasteiger partial charge in [0.15, 0.2) is 5.13 Å². The van der Waals surface area contributed by atoms with Crippen molar-refractivity contribution in [1.82, 2.24) is 4.98 Å². The summed E-state index contributed by atoms with van der Waals surface area (Å²) in [6.45, 7) is 0. The maximum atomic E-state index is 12.4. The summed E-state index contributed by atoms with van der Waals surface area (Å²) in [5.74, 6) is -0.253. The van der Waals surface area contributed by atoms with Crippen molar-refractivity contribution in [3.63, 3.8) is 0 Å². The Bertz CT molecular complexity index is 837. The highest BCUT2D eigenvalue weighted by Crippen LogP contribution is 2.26. The molecule has 7 heteroatoms. The molecule has 0 aliphatic carbocycles. The number of hydrogen-bond donors (Lipinski definition) is 2. The fraction of sp³-hybridized carbons (Fsp3) is 0. The van der Waals surface area contributed by atoms with Gasteiger partial charge in [0.05, 0.1) is 10.7 Å². The lowest BCUT2D eigenvalue weighted by atomic mass is 10.2. The Morgan fingerprint density at radius 1 is 1.13 bits per heavy atom. The zero-order chi connectivity index (χ0) is 16.2. The van der Waals surface area contributed by atoms with Crippen LogP contribution < -0.4 is 10.6 Å². The van der Waals surface area contributed by atoms with E-state index in [4.69, 9.17) is 23.2 Å². The highest BCUT2D eigenvalue weighted by atomic mass is 35.5. The van der Waals surface area contributed by atoms with Gasteiger partial charge >= 0.3 is 0 Å². The second kappa shape index (κ2) is 7.00. The molecule has 0 aliphatic heterocycles. The SMILES string of the molecule is O=C(Nc1ccc(Cl)cc1Cl)c1cccc(Nc2nccs2)c1. The molecule has 1 aromatic heterocycles. The molecule has 0 unspecified atom stereocenters. The summed E-state index contributed by atoms with van der Waals surface area (Å²) in [4.78, 5) is 16.5. The number of nitrogens with one attached hydrogen (secondary N) is 2. The minimum Gasteiger partial charge on any atom is -0.332 e. The molecule has 4 nitrogen and oxygen atoms in total. The smallest absolute Gasteiger partial charge is 0.255 e. The summed E-state index contributed by atoms with van der Waals surface area (Å²) >= 11 is 13.4. The summed E-state index contributed by atoms with van der Waals surface area (Å²) < 4.78 is 0. The Morgan fingerprint density at radius 2 is 2.00 bits per heavy atom. The highest BCUT2D eigenvalue weighted by Gasteiger charge is 2.10. The number of hydrogen-bond acceptors (Lipinski definition) is 4. The van der Waals surface area contributed by atoms with E-state index in [1.807, 2.05) is 11.4 Å². The monoisotopic (exact) mass is 363 g/mol. The molecule has 1 amide bonds. The van der Waals surface area contributed by atoms with Gasteiger partial charge in [0.1, 0.15) is 0 Å². The first-order valence-corrected chi connectivity index (χ1v) is 8.28. The van der Waals surface area contributed by atoms with Crippen LogP contribution in [0.3, 0.4) is 0 Å². The van der Waals surface area contributed by atoms with Crippen LogP contribution in [0.4, 0.5) is 16.5 Å². The van der Waals surface area contributed by atoms with Crippen molar-refractivity contribution < 1.29 is 4.79 Å². The van der Waals surface area contributed by atoms with E-state index in [2.05, 4.69) is 15.6 Å². The third-order valence-corrected chi connectivity index (χ3v) is 4.22. The number of carbonyl (C=O) groups excluding carboxylic acids is 1. The highest BCUT2D eigenvalue weighted by molar-refractivity contribution is 7.13. The van der Waals surface area contributed by atoms with Gasteiger partial charge in [-0.3, -0.25) is 4.79 Å². The molecule has 0 saturated heterocycles. The van der Waals surface area contributed by atoms with Gasteiger partial charge in [0.2, 0.25) is 0 Å². The molecule has 0 bridgehead atoms. The number of anilines is 3. The van der Waals surface area contributed by atoms with Gasteiger partial charge in [-0.05, 0) is 36.4 Å². The lowest BCUT2D eigenvalue weighted by Crippen LogP contribution is -2.12. The summed E-state index contributed by atoms with van der Waals surface area (Å²) in [6, 6.07) is 12.1. The summed E-state index contributed by atoms with van der Waals surface area (Å²) in [5, 5.41) is 9.47. The van der Waals surface area contributed by atoms with Gasteiger partial charge in [0.25, 0.3) is 5.91 Å². The van der Waals surface area contributed by atoms with Crippen molar-refractivity contribution in [3.05, 3.63) is 69.7 Å². The van der Waals surface area contributed by atoms with Gasteiger partial charge in [-0.1, -0.05) is 29.3 Å².